The van der Waals surface area contributed by atoms with Crippen molar-refractivity contribution in [1.82, 2.24) is 0 Å². The first kappa shape index (κ1) is 67.2. The lowest BCUT2D eigenvalue weighted by Crippen LogP contribution is -1.85. The van der Waals surface area contributed by atoms with E-state index in [0.29, 0.717) is 0 Å². The highest BCUT2D eigenvalue weighted by Gasteiger charge is 2.07. The van der Waals surface area contributed by atoms with E-state index in [9.17, 15) is 0 Å². The summed E-state index contributed by atoms with van der Waals surface area (Å²) in [4.78, 5) is 0. The third-order valence-corrected chi connectivity index (χ3v) is 16.6. The highest BCUT2D eigenvalue weighted by Crippen LogP contribution is 2.32. The lowest BCUT2D eigenvalue weighted by Gasteiger charge is -2.09. The SMILES string of the molecule is Cc1cc(-c2ccccc2)cc(-c2ccccc2)c1.Cc1ccc(-c2ccccc2)cc1.Cc1ccc(-c2ccccc2)cc1-c1ccccc1.Cc1cccc(-c2cccc(-c3ccccc3)c2)c1.Cc1cccc(-c2ccccc2)c1.Cc1ccccc1-c1ccccc1. The molecule has 15 aromatic rings. The van der Waals surface area contributed by atoms with Crippen molar-refractivity contribution in [1.29, 1.82) is 0 Å². The highest BCUT2D eigenvalue weighted by molar-refractivity contribution is 5.77. The Morgan fingerprint density at radius 2 is 0.354 bits per heavy atom. The zero-order chi connectivity index (χ0) is 66.5. The summed E-state index contributed by atoms with van der Waals surface area (Å²) >= 11 is 0. The molecule has 468 valence electrons. The van der Waals surface area contributed by atoms with Crippen molar-refractivity contribution in [2.24, 2.45) is 0 Å². The van der Waals surface area contributed by atoms with Gasteiger partial charge < -0.3 is 0 Å². The second-order valence-corrected chi connectivity index (χ2v) is 24.0. The quantitative estimate of drug-likeness (QED) is 0.135. The Kier molecular flexibility index (Phi) is 24.8. The minimum absolute atomic E-state index is 1.26. The summed E-state index contributed by atoms with van der Waals surface area (Å²) in [6.07, 6.45) is 0. The zero-order valence-corrected chi connectivity index (χ0v) is 56.1. The van der Waals surface area contributed by atoms with Gasteiger partial charge in [0.25, 0.3) is 0 Å². The molecule has 0 amide bonds. The van der Waals surface area contributed by atoms with Gasteiger partial charge in [0.05, 0.1) is 0 Å². The molecule has 0 heteroatoms. The van der Waals surface area contributed by atoms with Crippen LogP contribution in [0, 0.1) is 41.5 Å². The zero-order valence-electron chi connectivity index (χ0n) is 56.1. The average molecular weight is 1240 g/mol. The molecule has 0 radical (unpaired) electrons. The second-order valence-electron chi connectivity index (χ2n) is 24.0. The molecule has 0 fully saturated rings. The Hall–Kier alpha value is -11.7. The Bertz CT molecular complexity index is 4680. The average Bonchev–Trinajstić information content (AvgIpc) is 1.43. The van der Waals surface area contributed by atoms with Gasteiger partial charge in [0.1, 0.15) is 0 Å². The minimum atomic E-state index is 1.26. The minimum Gasteiger partial charge on any atom is -0.0622 e. The van der Waals surface area contributed by atoms with Gasteiger partial charge in [-0.3, -0.25) is 0 Å². The van der Waals surface area contributed by atoms with Crippen LogP contribution in [-0.2, 0) is 0 Å². The summed E-state index contributed by atoms with van der Waals surface area (Å²) in [5, 5.41) is 0. The van der Waals surface area contributed by atoms with E-state index in [-0.39, 0.29) is 0 Å². The van der Waals surface area contributed by atoms with E-state index >= 15 is 0 Å². The number of hydrogen-bond acceptors (Lipinski definition) is 0. The largest absolute Gasteiger partial charge is 0.0622 e. The molecule has 15 rings (SSSR count). The molecule has 0 spiro atoms. The fraction of sp³-hybridized carbons (Fsp3) is 0.0625. The van der Waals surface area contributed by atoms with Crippen molar-refractivity contribution in [3.05, 3.63) is 434 Å². The van der Waals surface area contributed by atoms with Crippen LogP contribution in [0.25, 0.3) is 100 Å². The van der Waals surface area contributed by atoms with Crippen LogP contribution in [0.1, 0.15) is 33.4 Å². The predicted molar refractivity (Wildman–Crippen MR) is 416 cm³/mol. The van der Waals surface area contributed by atoms with Crippen LogP contribution in [0.5, 0.6) is 0 Å². The van der Waals surface area contributed by atoms with Crippen molar-refractivity contribution >= 4 is 0 Å². The molecule has 0 bridgehead atoms. The number of aryl methyl sites for hydroxylation is 6. The van der Waals surface area contributed by atoms with Gasteiger partial charge in [-0.2, -0.15) is 0 Å². The van der Waals surface area contributed by atoms with E-state index in [4.69, 9.17) is 0 Å². The van der Waals surface area contributed by atoms with Crippen LogP contribution < -0.4 is 0 Å². The van der Waals surface area contributed by atoms with Crippen LogP contribution in [0.4, 0.5) is 0 Å². The molecule has 0 saturated carbocycles. The molecule has 0 aliphatic carbocycles. The van der Waals surface area contributed by atoms with Crippen molar-refractivity contribution in [2.75, 3.05) is 0 Å². The third kappa shape index (κ3) is 20.2. The van der Waals surface area contributed by atoms with Gasteiger partial charge in [0, 0.05) is 0 Å². The van der Waals surface area contributed by atoms with Crippen molar-refractivity contribution in [3.8, 4) is 100 Å². The first-order chi connectivity index (χ1) is 47.1. The molecule has 96 heavy (non-hydrogen) atoms. The van der Waals surface area contributed by atoms with Crippen molar-refractivity contribution in [2.45, 2.75) is 41.5 Å². The van der Waals surface area contributed by atoms with Gasteiger partial charge in [0.2, 0.25) is 0 Å². The monoisotopic (exact) mass is 1240 g/mol. The normalized spacial score (nSPS) is 10.2. The van der Waals surface area contributed by atoms with Crippen molar-refractivity contribution in [3.63, 3.8) is 0 Å². The summed E-state index contributed by atoms with van der Waals surface area (Å²) in [5.41, 5.74) is 30.9. The summed E-state index contributed by atoms with van der Waals surface area (Å²) in [6.45, 7) is 12.8. The smallest absolute Gasteiger partial charge is 0.0149 e. The van der Waals surface area contributed by atoms with Crippen LogP contribution >= 0.6 is 0 Å². The molecule has 0 N–H and O–H groups in total. The van der Waals surface area contributed by atoms with E-state index in [0.717, 1.165) is 0 Å². The predicted octanol–water partition coefficient (Wildman–Crippen LogP) is 27.0. The van der Waals surface area contributed by atoms with Gasteiger partial charge in [-0.05, 0) is 177 Å². The Labute approximate surface area is 571 Å². The molecule has 0 nitrogen and oxygen atoms in total. The van der Waals surface area contributed by atoms with E-state index in [1.54, 1.807) is 0 Å². The standard InChI is InChI=1S/3C19H16.3C13H12/c1-15-12-18(16-8-4-2-5-9-16)14-19(13-15)17-10-6-3-7-11-17;1-15-12-13-18(16-8-4-2-5-9-16)14-19(15)17-10-6-3-7-11-17;1-15-7-5-10-17(13-15)19-12-6-11-18(14-19)16-8-3-2-4-9-16;1-11-7-5-6-10-13(11)12-8-3-2-4-9-12;1-11-6-5-9-13(10-11)12-7-3-2-4-8-12;1-11-7-9-13(10-8-11)12-5-3-2-4-6-12/h3*2-14H,1H3;3*2-10H,1H3. The van der Waals surface area contributed by atoms with Crippen LogP contribution in [0.2, 0.25) is 0 Å². The highest BCUT2D eigenvalue weighted by atomic mass is 14.1. The van der Waals surface area contributed by atoms with Gasteiger partial charge >= 0.3 is 0 Å². The van der Waals surface area contributed by atoms with E-state index in [1.165, 1.54) is 134 Å². The molecule has 0 atom stereocenters. The number of benzene rings is 15. The van der Waals surface area contributed by atoms with Crippen LogP contribution in [0.3, 0.4) is 0 Å². The van der Waals surface area contributed by atoms with Crippen LogP contribution in [0.15, 0.2) is 400 Å². The molecule has 0 aliphatic rings. The molecular formula is C96H84. The molecule has 0 saturated heterocycles. The summed E-state index contributed by atoms with van der Waals surface area (Å²) < 4.78 is 0. The fourth-order valence-electron chi connectivity index (χ4n) is 11.4. The summed E-state index contributed by atoms with van der Waals surface area (Å²) in [5.74, 6) is 0. The van der Waals surface area contributed by atoms with Crippen LogP contribution in [-0.4, -0.2) is 0 Å². The first-order valence-corrected chi connectivity index (χ1v) is 33.1. The van der Waals surface area contributed by atoms with E-state index in [2.05, 4.69) is 418 Å². The van der Waals surface area contributed by atoms with Crippen molar-refractivity contribution < 1.29 is 0 Å². The second kappa shape index (κ2) is 35.4. The maximum atomic E-state index is 2.28. The summed E-state index contributed by atoms with van der Waals surface area (Å²) in [7, 11) is 0. The topological polar surface area (TPSA) is 0 Å². The molecule has 15 aromatic carbocycles. The van der Waals surface area contributed by atoms with Gasteiger partial charge in [0.15, 0.2) is 0 Å². The Morgan fingerprint density at radius 3 is 0.750 bits per heavy atom. The van der Waals surface area contributed by atoms with E-state index < -0.39 is 0 Å². The first-order valence-electron chi connectivity index (χ1n) is 33.1. The molecule has 0 aromatic heterocycles. The molecular weight excluding hydrogens is 1150 g/mol. The third-order valence-electron chi connectivity index (χ3n) is 16.6. The Balaban J connectivity index is 0.000000126. The van der Waals surface area contributed by atoms with Gasteiger partial charge in [-0.1, -0.05) is 399 Å². The molecule has 0 heterocycles. The molecule has 0 aliphatic heterocycles. The lowest BCUT2D eigenvalue weighted by molar-refractivity contribution is 1.45. The fourth-order valence-corrected chi connectivity index (χ4v) is 11.4. The van der Waals surface area contributed by atoms with Gasteiger partial charge in [-0.15, -0.1) is 0 Å². The maximum Gasteiger partial charge on any atom is -0.0149 e. The van der Waals surface area contributed by atoms with Gasteiger partial charge in [-0.25, -0.2) is 0 Å². The lowest BCUT2D eigenvalue weighted by atomic mass is 9.95. The maximum absolute atomic E-state index is 2.28. The summed E-state index contributed by atoms with van der Waals surface area (Å²) in [6, 6.07) is 140. The Morgan fingerprint density at radius 1 is 0.115 bits per heavy atom. The van der Waals surface area contributed by atoms with E-state index in [1.807, 2.05) is 24.3 Å². The molecule has 0 unspecified atom stereocenters. The number of hydrogen-bond donors (Lipinski definition) is 0. The number of rotatable bonds is 9.